The van der Waals surface area contributed by atoms with Crippen molar-refractivity contribution in [1.82, 2.24) is 25.9 Å². The van der Waals surface area contributed by atoms with E-state index in [1.807, 2.05) is 62.4 Å². The van der Waals surface area contributed by atoms with Gasteiger partial charge in [-0.25, -0.2) is 4.98 Å². The molecule has 0 saturated carbocycles. The third-order valence-electron chi connectivity index (χ3n) is 6.92. The molecule has 3 heterocycles. The molecule has 5 rings (SSSR count). The maximum Gasteiger partial charge on any atom is 0.268 e. The van der Waals surface area contributed by atoms with Gasteiger partial charge in [-0.1, -0.05) is 44.2 Å². The Labute approximate surface area is 229 Å². The molecule has 4 N–H and O–H groups in total. The Hall–Kier alpha value is -4.05. The molecule has 0 spiro atoms. The van der Waals surface area contributed by atoms with Gasteiger partial charge in [-0.3, -0.25) is 19.2 Å². The molecule has 0 radical (unpaired) electrons. The Morgan fingerprint density at radius 3 is 2.54 bits per heavy atom. The van der Waals surface area contributed by atoms with Crippen molar-refractivity contribution in [3.63, 3.8) is 0 Å². The molecule has 10 heteroatoms. The van der Waals surface area contributed by atoms with Crippen molar-refractivity contribution in [2.45, 2.75) is 45.2 Å². The SMILES string of the molecule is CC(C)C[C@H](NC(=O)c1cc2ccccc2[nH]1)C(=O)N[C@@H](C[C@@H]1CCNC1=O)C(=O)c1nc2ccccc2s1. The second kappa shape index (κ2) is 11.4. The fourth-order valence-electron chi connectivity index (χ4n) is 4.92. The second-order valence-electron chi connectivity index (χ2n) is 10.4. The molecule has 0 bridgehead atoms. The first-order chi connectivity index (χ1) is 18.8. The van der Waals surface area contributed by atoms with Crippen molar-refractivity contribution in [3.05, 3.63) is 65.3 Å². The largest absolute Gasteiger partial charge is 0.356 e. The van der Waals surface area contributed by atoms with Gasteiger partial charge in [0.1, 0.15) is 11.7 Å². The second-order valence-corrected chi connectivity index (χ2v) is 11.4. The van der Waals surface area contributed by atoms with Crippen LogP contribution < -0.4 is 16.0 Å². The monoisotopic (exact) mass is 545 g/mol. The van der Waals surface area contributed by atoms with Gasteiger partial charge < -0.3 is 20.9 Å². The number of hydrogen-bond donors (Lipinski definition) is 4. The Morgan fingerprint density at radius 2 is 1.82 bits per heavy atom. The van der Waals surface area contributed by atoms with Crippen LogP contribution in [0.2, 0.25) is 0 Å². The van der Waals surface area contributed by atoms with Crippen molar-refractivity contribution in [3.8, 4) is 0 Å². The summed E-state index contributed by atoms with van der Waals surface area (Å²) in [6.07, 6.45) is 1.13. The zero-order valence-electron chi connectivity index (χ0n) is 21.8. The molecule has 1 saturated heterocycles. The van der Waals surface area contributed by atoms with E-state index >= 15 is 0 Å². The fraction of sp³-hybridized carbons (Fsp3) is 0.345. The zero-order valence-corrected chi connectivity index (χ0v) is 22.6. The zero-order chi connectivity index (χ0) is 27.5. The van der Waals surface area contributed by atoms with Crippen LogP contribution in [0.4, 0.5) is 0 Å². The predicted molar refractivity (Wildman–Crippen MR) is 151 cm³/mol. The molecule has 2 aromatic carbocycles. The lowest BCUT2D eigenvalue weighted by molar-refractivity contribution is -0.125. The van der Waals surface area contributed by atoms with E-state index in [2.05, 4.69) is 25.9 Å². The van der Waals surface area contributed by atoms with Gasteiger partial charge in [0.05, 0.1) is 16.3 Å². The molecule has 1 fully saturated rings. The van der Waals surface area contributed by atoms with Crippen molar-refractivity contribution in [2.24, 2.45) is 11.8 Å². The van der Waals surface area contributed by atoms with E-state index < -0.39 is 29.8 Å². The molecule has 3 atom stereocenters. The van der Waals surface area contributed by atoms with Crippen molar-refractivity contribution < 1.29 is 19.2 Å². The summed E-state index contributed by atoms with van der Waals surface area (Å²) in [5.41, 5.74) is 1.88. The van der Waals surface area contributed by atoms with Gasteiger partial charge in [-0.05, 0) is 49.4 Å². The number of amides is 3. The van der Waals surface area contributed by atoms with Crippen LogP contribution in [0, 0.1) is 11.8 Å². The number of para-hydroxylation sites is 2. The third-order valence-corrected chi connectivity index (χ3v) is 7.98. The molecule has 2 aromatic heterocycles. The minimum absolute atomic E-state index is 0.0998. The Balaban J connectivity index is 1.37. The standard InChI is InChI=1S/C29H31N5O4S/c1-16(2)13-22(33-28(38)23-14-17-7-3-4-8-19(17)31-23)27(37)32-21(15-18-11-12-30-26(18)36)25(35)29-34-20-9-5-6-10-24(20)39-29/h3-10,14,16,18,21-22,31H,11-13,15H2,1-2H3,(H,30,36)(H,32,37)(H,33,38)/t18-,21-,22-/m0/s1. The van der Waals surface area contributed by atoms with Crippen molar-refractivity contribution in [2.75, 3.05) is 6.54 Å². The van der Waals surface area contributed by atoms with E-state index in [1.54, 1.807) is 6.07 Å². The summed E-state index contributed by atoms with van der Waals surface area (Å²) < 4.78 is 0.868. The van der Waals surface area contributed by atoms with Gasteiger partial charge >= 0.3 is 0 Å². The number of rotatable bonds is 10. The normalized spacial score (nSPS) is 16.8. The van der Waals surface area contributed by atoms with Crippen LogP contribution in [0.5, 0.6) is 0 Å². The molecule has 9 nitrogen and oxygen atoms in total. The number of H-pyrrole nitrogens is 1. The summed E-state index contributed by atoms with van der Waals surface area (Å²) in [7, 11) is 0. The topological polar surface area (TPSA) is 133 Å². The van der Waals surface area contributed by atoms with Gasteiger partial charge in [0.25, 0.3) is 5.91 Å². The number of thiazole rings is 1. The lowest BCUT2D eigenvalue weighted by atomic mass is 9.95. The number of Topliss-reactive ketones (excluding diaryl/α,β-unsaturated/α-hetero) is 1. The van der Waals surface area contributed by atoms with Crippen molar-refractivity contribution in [1.29, 1.82) is 0 Å². The van der Waals surface area contributed by atoms with Crippen LogP contribution in [0.25, 0.3) is 21.1 Å². The quantitative estimate of drug-likeness (QED) is 0.225. The minimum atomic E-state index is -0.952. The van der Waals surface area contributed by atoms with E-state index in [-0.39, 0.29) is 29.0 Å². The number of nitrogens with one attached hydrogen (secondary N) is 4. The van der Waals surface area contributed by atoms with Gasteiger partial charge in [-0.15, -0.1) is 11.3 Å². The Kier molecular flexibility index (Phi) is 7.74. The Bertz CT molecular complexity index is 1470. The van der Waals surface area contributed by atoms with Crippen molar-refractivity contribution >= 4 is 56.0 Å². The first kappa shape index (κ1) is 26.6. The summed E-state index contributed by atoms with van der Waals surface area (Å²) >= 11 is 1.26. The number of benzene rings is 2. The molecule has 39 heavy (non-hydrogen) atoms. The molecule has 0 unspecified atom stereocenters. The summed E-state index contributed by atoms with van der Waals surface area (Å²) in [6.45, 7) is 4.46. The number of aromatic amines is 1. The van der Waals surface area contributed by atoms with E-state index in [9.17, 15) is 19.2 Å². The summed E-state index contributed by atoms with van der Waals surface area (Å²) in [5.74, 6) is -1.63. The van der Waals surface area contributed by atoms with Crippen LogP contribution >= 0.6 is 11.3 Å². The summed E-state index contributed by atoms with van der Waals surface area (Å²) in [4.78, 5) is 60.3. The molecular formula is C29H31N5O4S. The molecule has 0 aliphatic carbocycles. The Morgan fingerprint density at radius 1 is 1.05 bits per heavy atom. The highest BCUT2D eigenvalue weighted by atomic mass is 32.1. The molecular weight excluding hydrogens is 514 g/mol. The number of fused-ring (bicyclic) bond motifs is 2. The molecule has 202 valence electrons. The maximum atomic E-state index is 13.6. The summed E-state index contributed by atoms with van der Waals surface area (Å²) in [5, 5.41) is 9.69. The first-order valence-electron chi connectivity index (χ1n) is 13.1. The highest BCUT2D eigenvalue weighted by molar-refractivity contribution is 7.20. The summed E-state index contributed by atoms with van der Waals surface area (Å²) in [6, 6.07) is 14.9. The van der Waals surface area contributed by atoms with Crippen LogP contribution in [0.1, 0.15) is 53.4 Å². The maximum absolute atomic E-state index is 13.6. The number of ketones is 1. The molecule has 1 aliphatic rings. The third kappa shape index (κ3) is 6.01. The van der Waals surface area contributed by atoms with Gasteiger partial charge in [0, 0.05) is 23.4 Å². The van der Waals surface area contributed by atoms with E-state index in [1.165, 1.54) is 11.3 Å². The average Bonchev–Trinajstić information content (AvgIpc) is 3.65. The van der Waals surface area contributed by atoms with Crippen LogP contribution in [0.3, 0.4) is 0 Å². The van der Waals surface area contributed by atoms with Crippen LogP contribution in [-0.4, -0.2) is 52.1 Å². The molecule has 1 aliphatic heterocycles. The van der Waals surface area contributed by atoms with Gasteiger partial charge in [-0.2, -0.15) is 0 Å². The lowest BCUT2D eigenvalue weighted by Gasteiger charge is -2.24. The van der Waals surface area contributed by atoms with Gasteiger partial charge in [0.2, 0.25) is 17.6 Å². The lowest BCUT2D eigenvalue weighted by Crippen LogP contribution is -2.52. The average molecular weight is 546 g/mol. The number of aromatic nitrogens is 2. The first-order valence-corrected chi connectivity index (χ1v) is 14.0. The van der Waals surface area contributed by atoms with Gasteiger partial charge in [0.15, 0.2) is 5.01 Å². The van der Waals surface area contributed by atoms with Crippen LogP contribution in [-0.2, 0) is 9.59 Å². The number of carbonyl (C=O) groups excluding carboxylic acids is 4. The number of nitrogens with zero attached hydrogens (tertiary/aromatic N) is 1. The number of hydrogen-bond acceptors (Lipinski definition) is 6. The predicted octanol–water partition coefficient (Wildman–Crippen LogP) is 3.82. The smallest absolute Gasteiger partial charge is 0.268 e. The minimum Gasteiger partial charge on any atom is -0.356 e. The molecule has 4 aromatic rings. The highest BCUT2D eigenvalue weighted by Crippen LogP contribution is 2.25. The molecule has 3 amide bonds. The highest BCUT2D eigenvalue weighted by Gasteiger charge is 2.35. The van der Waals surface area contributed by atoms with E-state index in [4.69, 9.17) is 0 Å². The van der Waals surface area contributed by atoms with E-state index in [0.29, 0.717) is 30.6 Å². The number of carbonyl (C=O) groups is 4. The van der Waals surface area contributed by atoms with E-state index in [0.717, 1.165) is 15.6 Å². The van der Waals surface area contributed by atoms with Crippen LogP contribution in [0.15, 0.2) is 54.6 Å². The fourth-order valence-corrected chi connectivity index (χ4v) is 5.88.